The van der Waals surface area contributed by atoms with Crippen LogP contribution in [-0.4, -0.2) is 34.5 Å². The number of benzene rings is 2. The molecule has 10 nitrogen and oxygen atoms in total. The first kappa shape index (κ1) is 23.6. The summed E-state index contributed by atoms with van der Waals surface area (Å²) in [5, 5.41) is 8.38. The van der Waals surface area contributed by atoms with Gasteiger partial charge < -0.3 is 14.8 Å². The molecule has 0 aliphatic heterocycles. The Morgan fingerprint density at radius 2 is 1.73 bits per heavy atom. The minimum atomic E-state index is -0.676. The molecule has 0 radical (unpaired) electrons. The van der Waals surface area contributed by atoms with Gasteiger partial charge >= 0.3 is 6.09 Å². The van der Waals surface area contributed by atoms with Crippen molar-refractivity contribution in [2.45, 2.75) is 39.3 Å². The average Bonchev–Trinajstić information content (AvgIpc) is 2.74. The highest BCUT2D eigenvalue weighted by atomic mass is 16.6. The van der Waals surface area contributed by atoms with Crippen LogP contribution in [-0.2, 0) is 16.1 Å². The Labute approximate surface area is 189 Å². The number of aromatic amines is 1. The molecule has 0 spiro atoms. The summed E-state index contributed by atoms with van der Waals surface area (Å²) in [7, 11) is 1.45. The van der Waals surface area contributed by atoms with Gasteiger partial charge in [-0.05, 0) is 51.1 Å². The third-order valence-electron chi connectivity index (χ3n) is 4.57. The number of aryl methyl sites for hydroxylation is 1. The van der Waals surface area contributed by atoms with E-state index in [-0.39, 0.29) is 29.8 Å². The summed E-state index contributed by atoms with van der Waals surface area (Å²) in [4.78, 5) is 49.3. The van der Waals surface area contributed by atoms with Gasteiger partial charge in [-0.15, -0.1) is 0 Å². The first-order chi connectivity index (χ1) is 15.6. The maximum absolute atomic E-state index is 12.6. The van der Waals surface area contributed by atoms with Gasteiger partial charge in [0.25, 0.3) is 11.1 Å². The number of ether oxygens (including phenoxy) is 2. The highest BCUT2D eigenvalue weighted by Crippen LogP contribution is 2.28. The van der Waals surface area contributed by atoms with Crippen LogP contribution in [0.2, 0.25) is 0 Å². The van der Waals surface area contributed by atoms with Gasteiger partial charge in [-0.2, -0.15) is 0 Å². The Kier molecular flexibility index (Phi) is 6.86. The van der Waals surface area contributed by atoms with Gasteiger partial charge in [0.15, 0.2) is 0 Å². The molecule has 0 aliphatic carbocycles. The summed E-state index contributed by atoms with van der Waals surface area (Å²) in [6, 6.07) is 11.2. The van der Waals surface area contributed by atoms with Gasteiger partial charge in [0.05, 0.1) is 30.1 Å². The second kappa shape index (κ2) is 9.60. The number of fused-ring (bicyclic) bond motifs is 1. The lowest BCUT2D eigenvalue weighted by Gasteiger charge is -2.20. The molecule has 0 atom stereocenters. The molecule has 1 aromatic heterocycles. The predicted molar refractivity (Wildman–Crippen MR) is 125 cm³/mol. The number of amides is 2. The fourth-order valence-electron chi connectivity index (χ4n) is 3.14. The Morgan fingerprint density at radius 1 is 1.03 bits per heavy atom. The molecule has 1 heterocycles. The van der Waals surface area contributed by atoms with Crippen molar-refractivity contribution in [3.8, 4) is 5.75 Å². The number of methoxy groups -OCH3 is 1. The highest BCUT2D eigenvalue weighted by Gasteiger charge is 2.18. The van der Waals surface area contributed by atoms with Crippen molar-refractivity contribution in [1.82, 2.24) is 9.78 Å². The van der Waals surface area contributed by atoms with Crippen molar-refractivity contribution >= 4 is 34.1 Å². The third-order valence-corrected chi connectivity index (χ3v) is 4.57. The van der Waals surface area contributed by atoms with Crippen molar-refractivity contribution in [1.29, 1.82) is 0 Å². The molecule has 0 unspecified atom stereocenters. The number of rotatable bonds is 6. The minimum Gasteiger partial charge on any atom is -0.495 e. The first-order valence-electron chi connectivity index (χ1n) is 10.3. The van der Waals surface area contributed by atoms with E-state index in [9.17, 15) is 19.2 Å². The number of hydrogen-bond donors (Lipinski definition) is 3. The molecule has 0 saturated heterocycles. The second-order valence-corrected chi connectivity index (χ2v) is 8.28. The van der Waals surface area contributed by atoms with Gasteiger partial charge in [-0.1, -0.05) is 12.1 Å². The molecule has 3 rings (SSSR count). The number of anilines is 2. The predicted octanol–water partition coefficient (Wildman–Crippen LogP) is 3.07. The van der Waals surface area contributed by atoms with E-state index in [1.807, 2.05) is 0 Å². The molecule has 10 heteroatoms. The summed E-state index contributed by atoms with van der Waals surface area (Å²) in [6.07, 6.45) is -0.724. The van der Waals surface area contributed by atoms with Crippen LogP contribution >= 0.6 is 0 Å². The summed E-state index contributed by atoms with van der Waals surface area (Å²) in [5.74, 6) is 0.00319. The SMILES string of the molecule is COc1ccc(NC(=O)CCn2[nH]c(=O)c3ccccc3c2=O)cc1NC(=O)OC(C)(C)C. The smallest absolute Gasteiger partial charge is 0.412 e. The van der Waals surface area contributed by atoms with Gasteiger partial charge in [-0.25, -0.2) is 9.48 Å². The molecule has 2 amide bonds. The summed E-state index contributed by atoms with van der Waals surface area (Å²) >= 11 is 0. The molecule has 0 aliphatic rings. The van der Waals surface area contributed by atoms with Crippen molar-refractivity contribution in [3.05, 3.63) is 63.2 Å². The summed E-state index contributed by atoms with van der Waals surface area (Å²) in [6.45, 7) is 5.22. The average molecular weight is 454 g/mol. The highest BCUT2D eigenvalue weighted by molar-refractivity contribution is 5.93. The zero-order chi connectivity index (χ0) is 24.2. The zero-order valence-corrected chi connectivity index (χ0v) is 18.9. The molecule has 0 bridgehead atoms. The van der Waals surface area contributed by atoms with Gasteiger partial charge in [0.1, 0.15) is 11.4 Å². The van der Waals surface area contributed by atoms with Gasteiger partial charge in [-0.3, -0.25) is 24.8 Å². The van der Waals surface area contributed by atoms with Crippen LogP contribution in [0.25, 0.3) is 10.8 Å². The summed E-state index contributed by atoms with van der Waals surface area (Å²) < 4.78 is 11.6. The molecule has 2 aromatic carbocycles. The van der Waals surface area contributed by atoms with E-state index in [1.165, 1.54) is 13.2 Å². The lowest BCUT2D eigenvalue weighted by Crippen LogP contribution is -2.31. The first-order valence-corrected chi connectivity index (χ1v) is 10.3. The quantitative estimate of drug-likeness (QED) is 0.525. The molecule has 174 valence electrons. The Bertz CT molecular complexity index is 1300. The van der Waals surface area contributed by atoms with Crippen LogP contribution in [0.1, 0.15) is 27.2 Å². The molecule has 3 N–H and O–H groups in total. The van der Waals surface area contributed by atoms with Crippen LogP contribution < -0.4 is 26.5 Å². The molecule has 33 heavy (non-hydrogen) atoms. The molecule has 0 saturated carbocycles. The van der Waals surface area contributed by atoms with Crippen molar-refractivity contribution < 1.29 is 19.1 Å². The number of hydrogen-bond acceptors (Lipinski definition) is 6. The Morgan fingerprint density at radius 3 is 2.39 bits per heavy atom. The number of aromatic nitrogens is 2. The van der Waals surface area contributed by atoms with E-state index in [1.54, 1.807) is 57.2 Å². The van der Waals surface area contributed by atoms with E-state index in [2.05, 4.69) is 15.7 Å². The standard InChI is InChI=1S/C23H26N4O6/c1-23(2,3)33-22(31)25-17-13-14(9-10-18(17)32-4)24-19(28)11-12-27-21(30)16-8-6-5-7-15(16)20(29)26-27/h5-10,13H,11-12H2,1-4H3,(H,24,28)(H,25,31)(H,26,29). The zero-order valence-electron chi connectivity index (χ0n) is 18.9. The number of carbonyl (C=O) groups is 2. The normalized spacial score (nSPS) is 11.2. The van der Waals surface area contributed by atoms with Crippen molar-refractivity contribution in [3.63, 3.8) is 0 Å². The topological polar surface area (TPSA) is 132 Å². The maximum Gasteiger partial charge on any atom is 0.412 e. The van der Waals surface area contributed by atoms with E-state index < -0.39 is 17.3 Å². The van der Waals surface area contributed by atoms with E-state index >= 15 is 0 Å². The van der Waals surface area contributed by atoms with E-state index in [0.717, 1.165) is 4.68 Å². The van der Waals surface area contributed by atoms with Gasteiger partial charge in [0.2, 0.25) is 5.91 Å². The number of H-pyrrole nitrogens is 1. The number of nitrogens with zero attached hydrogens (tertiary/aromatic N) is 1. The van der Waals surface area contributed by atoms with Crippen LogP contribution in [0.15, 0.2) is 52.1 Å². The van der Waals surface area contributed by atoms with Gasteiger partial charge in [0, 0.05) is 12.1 Å². The molecular weight excluding hydrogens is 428 g/mol. The van der Waals surface area contributed by atoms with Crippen molar-refractivity contribution in [2.75, 3.05) is 17.7 Å². The van der Waals surface area contributed by atoms with E-state index in [4.69, 9.17) is 9.47 Å². The second-order valence-electron chi connectivity index (χ2n) is 8.28. The summed E-state index contributed by atoms with van der Waals surface area (Å²) in [5.41, 5.74) is -0.735. The Balaban J connectivity index is 1.70. The van der Waals surface area contributed by atoms with Crippen LogP contribution in [0.4, 0.5) is 16.2 Å². The maximum atomic E-state index is 12.6. The minimum absolute atomic E-state index is 0.0100. The molecular formula is C23H26N4O6. The lowest BCUT2D eigenvalue weighted by molar-refractivity contribution is -0.116. The van der Waals surface area contributed by atoms with Crippen LogP contribution in [0.3, 0.4) is 0 Å². The fourth-order valence-corrected chi connectivity index (χ4v) is 3.14. The largest absolute Gasteiger partial charge is 0.495 e. The molecule has 3 aromatic rings. The number of nitrogens with one attached hydrogen (secondary N) is 3. The van der Waals surface area contributed by atoms with Crippen LogP contribution in [0.5, 0.6) is 5.75 Å². The molecule has 0 fully saturated rings. The fraction of sp³-hybridized carbons (Fsp3) is 0.304. The van der Waals surface area contributed by atoms with Crippen molar-refractivity contribution in [2.24, 2.45) is 0 Å². The van der Waals surface area contributed by atoms with E-state index in [0.29, 0.717) is 22.5 Å². The monoisotopic (exact) mass is 454 g/mol. The van der Waals surface area contributed by atoms with Crippen LogP contribution in [0, 0.1) is 0 Å². The Hall–Kier alpha value is -4.08. The third kappa shape index (κ3) is 6.00. The lowest BCUT2D eigenvalue weighted by atomic mass is 10.2. The number of carbonyl (C=O) groups excluding carboxylic acids is 2.